The molecular formula is C16H28N2O4. The van der Waals surface area contributed by atoms with Crippen LogP contribution in [0.1, 0.15) is 40.5 Å². The lowest BCUT2D eigenvalue weighted by Crippen LogP contribution is -2.60. The van der Waals surface area contributed by atoms with Gasteiger partial charge in [-0.2, -0.15) is 0 Å². The average molecular weight is 312 g/mol. The second-order valence-electron chi connectivity index (χ2n) is 6.92. The molecule has 1 fully saturated rings. The van der Waals surface area contributed by atoms with Crippen LogP contribution in [0.4, 0.5) is 4.79 Å². The fourth-order valence-corrected chi connectivity index (χ4v) is 2.92. The van der Waals surface area contributed by atoms with Gasteiger partial charge in [0.1, 0.15) is 12.7 Å². The highest BCUT2D eigenvalue weighted by atomic mass is 16.6. The molecule has 1 amide bonds. The normalized spacial score (nSPS) is 21.0. The van der Waals surface area contributed by atoms with Crippen LogP contribution in [0.5, 0.6) is 0 Å². The molecule has 1 aliphatic rings. The van der Waals surface area contributed by atoms with E-state index >= 15 is 0 Å². The Labute approximate surface area is 132 Å². The number of piperidine rings is 1. The van der Waals surface area contributed by atoms with Crippen LogP contribution in [0.3, 0.4) is 0 Å². The van der Waals surface area contributed by atoms with E-state index in [1.54, 1.807) is 0 Å². The van der Waals surface area contributed by atoms with Gasteiger partial charge >= 0.3 is 12.1 Å². The molecule has 126 valence electrons. The van der Waals surface area contributed by atoms with Gasteiger partial charge in [0.05, 0.1) is 6.54 Å². The summed E-state index contributed by atoms with van der Waals surface area (Å²) in [6.07, 6.45) is 2.05. The molecule has 1 heterocycles. The topological polar surface area (TPSA) is 67.9 Å². The number of ether oxygens (including phenoxy) is 2. The predicted molar refractivity (Wildman–Crippen MR) is 84.6 cm³/mol. The van der Waals surface area contributed by atoms with Gasteiger partial charge < -0.3 is 14.8 Å². The summed E-state index contributed by atoms with van der Waals surface area (Å²) in [5.41, 5.74) is -0.0711. The van der Waals surface area contributed by atoms with Crippen LogP contribution < -0.4 is 5.32 Å². The second-order valence-corrected chi connectivity index (χ2v) is 6.92. The van der Waals surface area contributed by atoms with Crippen LogP contribution in [0.2, 0.25) is 0 Å². The van der Waals surface area contributed by atoms with Crippen LogP contribution in [0.25, 0.3) is 0 Å². The van der Waals surface area contributed by atoms with E-state index in [-0.39, 0.29) is 30.3 Å². The summed E-state index contributed by atoms with van der Waals surface area (Å²) in [4.78, 5) is 25.0. The lowest BCUT2D eigenvalue weighted by atomic mass is 9.79. The minimum atomic E-state index is -0.506. The van der Waals surface area contributed by atoms with Gasteiger partial charge in [-0.1, -0.05) is 6.58 Å². The van der Waals surface area contributed by atoms with E-state index in [2.05, 4.69) is 51.5 Å². The number of rotatable bonds is 5. The van der Waals surface area contributed by atoms with Crippen molar-refractivity contribution in [2.24, 2.45) is 0 Å². The summed E-state index contributed by atoms with van der Waals surface area (Å²) >= 11 is 0. The monoisotopic (exact) mass is 312 g/mol. The first-order valence-corrected chi connectivity index (χ1v) is 7.56. The second kappa shape index (κ2) is 7.13. The summed E-state index contributed by atoms with van der Waals surface area (Å²) in [6, 6.07) is 0. The molecular weight excluding hydrogens is 284 g/mol. The van der Waals surface area contributed by atoms with Crippen LogP contribution in [0, 0.1) is 0 Å². The molecule has 0 aliphatic carbocycles. The van der Waals surface area contributed by atoms with Crippen molar-refractivity contribution in [1.29, 1.82) is 0 Å². The Kier molecular flexibility index (Phi) is 6.00. The van der Waals surface area contributed by atoms with Crippen molar-refractivity contribution in [3.05, 3.63) is 12.7 Å². The molecule has 0 atom stereocenters. The number of hydrogen-bond acceptors (Lipinski definition) is 5. The first-order valence-electron chi connectivity index (χ1n) is 7.56. The van der Waals surface area contributed by atoms with Crippen molar-refractivity contribution in [2.45, 2.75) is 57.7 Å². The van der Waals surface area contributed by atoms with E-state index in [9.17, 15) is 9.59 Å². The lowest BCUT2D eigenvalue weighted by molar-refractivity contribution is -0.137. The molecule has 0 bridgehead atoms. The quantitative estimate of drug-likeness (QED) is 0.478. The van der Waals surface area contributed by atoms with Crippen molar-refractivity contribution in [3.8, 4) is 0 Å². The maximum absolute atomic E-state index is 11.8. The van der Waals surface area contributed by atoms with Gasteiger partial charge in [0.15, 0.2) is 0 Å². The van der Waals surface area contributed by atoms with Gasteiger partial charge in [-0.05, 0) is 34.7 Å². The Morgan fingerprint density at radius 2 is 1.82 bits per heavy atom. The lowest BCUT2D eigenvalue weighted by Gasteiger charge is -2.53. The summed E-state index contributed by atoms with van der Waals surface area (Å²) < 4.78 is 10.3. The number of nitrogens with zero attached hydrogens (tertiary/aromatic N) is 1. The molecule has 1 saturated heterocycles. The van der Waals surface area contributed by atoms with Gasteiger partial charge in [-0.3, -0.25) is 4.90 Å². The van der Waals surface area contributed by atoms with Gasteiger partial charge in [-0.25, -0.2) is 9.59 Å². The number of carbonyl (C=O) groups excluding carboxylic acids is 2. The molecule has 6 heteroatoms. The zero-order valence-corrected chi connectivity index (χ0v) is 14.3. The highest BCUT2D eigenvalue weighted by Crippen LogP contribution is 2.37. The standard InChI is InChI=1S/C16H28N2O4/c1-7-13(19)21-9-8-17-14(20)22-12-10-15(2,3)18(6)16(4,5)11-12/h7,12H,1,8-11H2,2-6H3,(H,17,20). The van der Waals surface area contributed by atoms with Crippen LogP contribution in [-0.4, -0.2) is 54.3 Å². The summed E-state index contributed by atoms with van der Waals surface area (Å²) in [7, 11) is 2.10. The highest BCUT2D eigenvalue weighted by molar-refractivity contribution is 5.81. The predicted octanol–water partition coefficient (Wildman–Crippen LogP) is 2.09. The summed E-state index contributed by atoms with van der Waals surface area (Å²) in [6.45, 7) is 12.2. The third-order valence-electron chi connectivity index (χ3n) is 4.33. The molecule has 0 radical (unpaired) electrons. The third-order valence-corrected chi connectivity index (χ3v) is 4.33. The van der Waals surface area contributed by atoms with Gasteiger partial charge in [0.2, 0.25) is 0 Å². The zero-order valence-electron chi connectivity index (χ0n) is 14.3. The average Bonchev–Trinajstić information content (AvgIpc) is 2.40. The highest BCUT2D eigenvalue weighted by Gasteiger charge is 2.44. The number of esters is 1. The minimum Gasteiger partial charge on any atom is -0.461 e. The number of carbonyl (C=O) groups is 2. The molecule has 0 aromatic carbocycles. The maximum Gasteiger partial charge on any atom is 0.407 e. The van der Waals surface area contributed by atoms with Crippen molar-refractivity contribution in [3.63, 3.8) is 0 Å². The Morgan fingerprint density at radius 1 is 1.27 bits per heavy atom. The number of alkyl carbamates (subject to hydrolysis) is 1. The van der Waals surface area contributed by atoms with Crippen LogP contribution in [0.15, 0.2) is 12.7 Å². The SMILES string of the molecule is C=CC(=O)OCCNC(=O)OC1CC(C)(C)N(C)C(C)(C)C1. The Balaban J connectivity index is 2.41. The molecule has 0 spiro atoms. The molecule has 1 aliphatic heterocycles. The molecule has 0 saturated carbocycles. The van der Waals surface area contributed by atoms with E-state index in [1.807, 2.05) is 0 Å². The summed E-state index contributed by atoms with van der Waals surface area (Å²) in [5, 5.41) is 2.59. The first kappa shape index (κ1) is 18.5. The minimum absolute atomic E-state index is 0.0355. The Bertz CT molecular complexity index is 414. The van der Waals surface area contributed by atoms with Crippen molar-refractivity contribution in [1.82, 2.24) is 10.2 Å². The maximum atomic E-state index is 11.8. The van der Waals surface area contributed by atoms with Gasteiger partial charge in [0.25, 0.3) is 0 Å². The first-order chi connectivity index (χ1) is 10.1. The molecule has 0 unspecified atom stereocenters. The smallest absolute Gasteiger partial charge is 0.407 e. The largest absolute Gasteiger partial charge is 0.461 e. The summed E-state index contributed by atoms with van der Waals surface area (Å²) in [5.74, 6) is -0.506. The number of nitrogens with one attached hydrogen (secondary N) is 1. The third kappa shape index (κ3) is 5.02. The number of amides is 1. The van der Waals surface area contributed by atoms with E-state index in [4.69, 9.17) is 9.47 Å². The van der Waals surface area contributed by atoms with E-state index in [0.717, 1.165) is 18.9 Å². The van der Waals surface area contributed by atoms with E-state index < -0.39 is 12.1 Å². The van der Waals surface area contributed by atoms with E-state index in [1.165, 1.54) is 0 Å². The molecule has 22 heavy (non-hydrogen) atoms. The molecule has 1 N–H and O–H groups in total. The van der Waals surface area contributed by atoms with Crippen LogP contribution >= 0.6 is 0 Å². The van der Waals surface area contributed by atoms with Gasteiger partial charge in [-0.15, -0.1) is 0 Å². The van der Waals surface area contributed by atoms with E-state index in [0.29, 0.717) is 0 Å². The number of hydrogen-bond donors (Lipinski definition) is 1. The van der Waals surface area contributed by atoms with Crippen LogP contribution in [-0.2, 0) is 14.3 Å². The molecule has 6 nitrogen and oxygen atoms in total. The van der Waals surface area contributed by atoms with Crippen molar-refractivity contribution in [2.75, 3.05) is 20.2 Å². The van der Waals surface area contributed by atoms with Gasteiger partial charge in [0, 0.05) is 30.0 Å². The fraction of sp³-hybridized carbons (Fsp3) is 0.750. The zero-order chi connectivity index (χ0) is 17.0. The molecule has 1 rings (SSSR count). The van der Waals surface area contributed by atoms with Crippen molar-refractivity contribution >= 4 is 12.1 Å². The van der Waals surface area contributed by atoms with Crippen molar-refractivity contribution < 1.29 is 19.1 Å². The Hall–Kier alpha value is -1.56. The Morgan fingerprint density at radius 3 is 2.32 bits per heavy atom. The molecule has 0 aromatic heterocycles. The molecule has 0 aromatic rings. The number of likely N-dealkylation sites (tertiary alicyclic amines) is 1. The fourth-order valence-electron chi connectivity index (χ4n) is 2.92.